The maximum atomic E-state index is 11.6. The van der Waals surface area contributed by atoms with Crippen LogP contribution in [0.25, 0.3) is 0 Å². The van der Waals surface area contributed by atoms with Crippen LogP contribution in [0, 0.1) is 5.92 Å². The third kappa shape index (κ3) is 7.30. The summed E-state index contributed by atoms with van der Waals surface area (Å²) >= 11 is 0. The summed E-state index contributed by atoms with van der Waals surface area (Å²) in [6.07, 6.45) is 0.402. The highest BCUT2D eigenvalue weighted by Gasteiger charge is 2.25. The van der Waals surface area contributed by atoms with Crippen molar-refractivity contribution in [2.24, 2.45) is 5.92 Å². The van der Waals surface area contributed by atoms with Crippen molar-refractivity contribution in [1.82, 2.24) is 4.72 Å². The van der Waals surface area contributed by atoms with E-state index in [0.29, 0.717) is 6.42 Å². The first-order valence-corrected chi connectivity index (χ1v) is 7.04. The molecule has 6 nitrogen and oxygen atoms in total. The smallest absolute Gasteiger partial charge is 0.323 e. The van der Waals surface area contributed by atoms with Crippen LogP contribution in [0.5, 0.6) is 0 Å². The molecule has 0 aliphatic heterocycles. The van der Waals surface area contributed by atoms with Crippen molar-refractivity contribution in [3.05, 3.63) is 0 Å². The summed E-state index contributed by atoms with van der Waals surface area (Å²) in [5.41, 5.74) is 0. The molecule has 0 saturated carbocycles. The van der Waals surface area contributed by atoms with Gasteiger partial charge in [-0.15, -0.1) is 0 Å². The van der Waals surface area contributed by atoms with Gasteiger partial charge >= 0.3 is 5.97 Å². The lowest BCUT2D eigenvalue weighted by Gasteiger charge is -2.18. The molecule has 0 aromatic rings. The van der Waals surface area contributed by atoms with Gasteiger partial charge in [-0.1, -0.05) is 13.8 Å². The minimum absolute atomic E-state index is 0.0882. The molecule has 0 fully saturated rings. The maximum absolute atomic E-state index is 11.6. The fourth-order valence-electron chi connectivity index (χ4n) is 1.27. The van der Waals surface area contributed by atoms with Crippen molar-refractivity contribution < 1.29 is 22.7 Å². The molecule has 1 atom stereocenters. The van der Waals surface area contributed by atoms with E-state index in [2.05, 4.69) is 9.46 Å². The first kappa shape index (κ1) is 16.3. The number of sulfonamides is 1. The molecule has 0 amide bonds. The van der Waals surface area contributed by atoms with Crippen molar-refractivity contribution >= 4 is 16.0 Å². The Kier molecular flexibility index (Phi) is 7.33. The van der Waals surface area contributed by atoms with E-state index < -0.39 is 22.0 Å². The Morgan fingerprint density at radius 2 is 1.88 bits per heavy atom. The van der Waals surface area contributed by atoms with Gasteiger partial charge < -0.3 is 9.47 Å². The summed E-state index contributed by atoms with van der Waals surface area (Å²) in [4.78, 5) is 11.4. The SMILES string of the molecule is COCCS(=O)(=O)NC(CC(C)C)C(=O)OC. The third-order valence-electron chi connectivity index (χ3n) is 2.07. The van der Waals surface area contributed by atoms with Gasteiger partial charge in [0.2, 0.25) is 10.0 Å². The predicted octanol–water partition coefficient (Wildman–Crippen LogP) is 0.140. The second kappa shape index (κ2) is 7.62. The highest BCUT2D eigenvalue weighted by atomic mass is 32.2. The van der Waals surface area contributed by atoms with Crippen molar-refractivity contribution in [1.29, 1.82) is 0 Å². The van der Waals surface area contributed by atoms with Gasteiger partial charge in [0.15, 0.2) is 0 Å². The average molecular weight is 267 g/mol. The summed E-state index contributed by atoms with van der Waals surface area (Å²) in [5.74, 6) is -0.557. The number of methoxy groups -OCH3 is 2. The molecule has 0 radical (unpaired) electrons. The second-order valence-electron chi connectivity index (χ2n) is 4.13. The van der Waals surface area contributed by atoms with E-state index in [4.69, 9.17) is 4.74 Å². The van der Waals surface area contributed by atoms with Gasteiger partial charge in [0.05, 0.1) is 19.5 Å². The summed E-state index contributed by atoms with van der Waals surface area (Å²) in [5, 5.41) is 0. The number of hydrogen-bond donors (Lipinski definition) is 1. The van der Waals surface area contributed by atoms with Crippen molar-refractivity contribution in [2.45, 2.75) is 26.3 Å². The van der Waals surface area contributed by atoms with E-state index >= 15 is 0 Å². The Balaban J connectivity index is 4.57. The zero-order valence-corrected chi connectivity index (χ0v) is 11.5. The van der Waals surface area contributed by atoms with Crippen molar-refractivity contribution in [3.8, 4) is 0 Å². The number of nitrogens with one attached hydrogen (secondary N) is 1. The number of carbonyl (C=O) groups excluding carboxylic acids is 1. The first-order chi connectivity index (χ1) is 7.82. The fraction of sp³-hybridized carbons (Fsp3) is 0.900. The lowest BCUT2D eigenvalue weighted by molar-refractivity contribution is -0.143. The van der Waals surface area contributed by atoms with Crippen LogP contribution in [-0.4, -0.2) is 47.0 Å². The topological polar surface area (TPSA) is 81.7 Å². The minimum atomic E-state index is -3.52. The molecule has 0 saturated heterocycles. The number of rotatable bonds is 8. The molecule has 7 heteroatoms. The quantitative estimate of drug-likeness (QED) is 0.633. The molecule has 17 heavy (non-hydrogen) atoms. The van der Waals surface area contributed by atoms with Crippen molar-refractivity contribution in [3.63, 3.8) is 0 Å². The van der Waals surface area contributed by atoms with Gasteiger partial charge in [-0.3, -0.25) is 4.79 Å². The molecule has 102 valence electrons. The second-order valence-corrected chi connectivity index (χ2v) is 6.01. The zero-order valence-electron chi connectivity index (χ0n) is 10.7. The predicted molar refractivity (Wildman–Crippen MR) is 64.1 cm³/mol. The first-order valence-electron chi connectivity index (χ1n) is 5.39. The zero-order chi connectivity index (χ0) is 13.5. The van der Waals surface area contributed by atoms with E-state index in [0.717, 1.165) is 0 Å². The normalized spacial score (nSPS) is 13.7. The largest absolute Gasteiger partial charge is 0.468 e. The summed E-state index contributed by atoms with van der Waals surface area (Å²) in [6.45, 7) is 3.89. The lowest BCUT2D eigenvalue weighted by Crippen LogP contribution is -2.43. The van der Waals surface area contributed by atoms with Crippen LogP contribution in [0.2, 0.25) is 0 Å². The van der Waals surface area contributed by atoms with E-state index in [1.54, 1.807) is 0 Å². The molecule has 0 aromatic heterocycles. The van der Waals surface area contributed by atoms with Gasteiger partial charge in [-0.05, 0) is 12.3 Å². The Hall–Kier alpha value is -0.660. The van der Waals surface area contributed by atoms with Crippen LogP contribution >= 0.6 is 0 Å². The Labute approximate surface area is 103 Å². The molecule has 0 aromatic carbocycles. The van der Waals surface area contributed by atoms with E-state index in [9.17, 15) is 13.2 Å². The van der Waals surface area contributed by atoms with Gasteiger partial charge in [0.25, 0.3) is 0 Å². The van der Waals surface area contributed by atoms with Gasteiger partial charge in [-0.2, -0.15) is 0 Å². The standard InChI is InChI=1S/C10H21NO5S/c1-8(2)7-9(10(12)16-4)11-17(13,14)6-5-15-3/h8-9,11H,5-7H2,1-4H3. The molecule has 0 aliphatic carbocycles. The van der Waals surface area contributed by atoms with Crippen LogP contribution in [-0.2, 0) is 24.3 Å². The third-order valence-corrected chi connectivity index (χ3v) is 3.42. The molecule has 0 bridgehead atoms. The van der Waals surface area contributed by atoms with Crippen LogP contribution in [0.1, 0.15) is 20.3 Å². The van der Waals surface area contributed by atoms with Crippen molar-refractivity contribution in [2.75, 3.05) is 26.6 Å². The van der Waals surface area contributed by atoms with Gasteiger partial charge in [0.1, 0.15) is 6.04 Å². The summed E-state index contributed by atoms with van der Waals surface area (Å²) in [6, 6.07) is -0.832. The summed E-state index contributed by atoms with van der Waals surface area (Å²) in [7, 11) is -0.866. The monoisotopic (exact) mass is 267 g/mol. The van der Waals surface area contributed by atoms with Crippen LogP contribution in [0.15, 0.2) is 0 Å². The maximum Gasteiger partial charge on any atom is 0.323 e. The van der Waals surface area contributed by atoms with Crippen LogP contribution in [0.4, 0.5) is 0 Å². The highest BCUT2D eigenvalue weighted by Crippen LogP contribution is 2.07. The minimum Gasteiger partial charge on any atom is -0.468 e. The number of carbonyl (C=O) groups is 1. The van der Waals surface area contributed by atoms with Gasteiger partial charge in [-0.25, -0.2) is 13.1 Å². The Morgan fingerprint density at radius 3 is 2.29 bits per heavy atom. The number of ether oxygens (including phenoxy) is 2. The highest BCUT2D eigenvalue weighted by molar-refractivity contribution is 7.89. The molecule has 0 rings (SSSR count). The molecule has 0 spiro atoms. The molecule has 1 N–H and O–H groups in total. The summed E-state index contributed by atoms with van der Waals surface area (Å²) < 4.78 is 34.8. The molecule has 0 aliphatic rings. The Morgan fingerprint density at radius 1 is 1.29 bits per heavy atom. The average Bonchev–Trinajstić information content (AvgIpc) is 2.23. The van der Waals surface area contributed by atoms with Crippen LogP contribution in [0.3, 0.4) is 0 Å². The molecule has 0 heterocycles. The molecular formula is C10H21NO5S. The molecule has 1 unspecified atom stereocenters. The number of esters is 1. The number of hydrogen-bond acceptors (Lipinski definition) is 5. The van der Waals surface area contributed by atoms with E-state index in [-0.39, 0.29) is 18.3 Å². The fourth-order valence-corrected chi connectivity index (χ4v) is 2.40. The Bertz CT molecular complexity index is 326. The van der Waals surface area contributed by atoms with Crippen LogP contribution < -0.4 is 4.72 Å². The molecular weight excluding hydrogens is 246 g/mol. The van der Waals surface area contributed by atoms with E-state index in [1.165, 1.54) is 14.2 Å². The van der Waals surface area contributed by atoms with Gasteiger partial charge in [0, 0.05) is 7.11 Å². The van der Waals surface area contributed by atoms with E-state index in [1.807, 2.05) is 13.8 Å². The lowest BCUT2D eigenvalue weighted by atomic mass is 10.1.